The molecule has 0 unspecified atom stereocenters. The van der Waals surface area contributed by atoms with Crippen LogP contribution in [0, 0.1) is 0 Å². The van der Waals surface area contributed by atoms with Crippen LogP contribution in [-0.4, -0.2) is 0 Å². The molecule has 0 aliphatic rings. The van der Waals surface area contributed by atoms with Crippen molar-refractivity contribution in [2.24, 2.45) is 0 Å². The Morgan fingerprint density at radius 3 is 1.86 bits per heavy atom. The third-order valence-corrected chi connectivity index (χ3v) is 7.02. The molecule has 164 valence electrons. The summed E-state index contributed by atoms with van der Waals surface area (Å²) in [6.07, 6.45) is 0. The van der Waals surface area contributed by atoms with E-state index in [9.17, 15) is 0 Å². The average molecular weight is 446 g/mol. The normalized spacial score (nSPS) is 11.4. The lowest BCUT2D eigenvalue weighted by molar-refractivity contribution is 1.58. The van der Waals surface area contributed by atoms with E-state index in [1.165, 1.54) is 54.2 Å². The van der Waals surface area contributed by atoms with Crippen LogP contribution in [-0.2, 0) is 0 Å². The van der Waals surface area contributed by atoms with Crippen LogP contribution >= 0.6 is 0 Å². The van der Waals surface area contributed by atoms with E-state index >= 15 is 0 Å². The number of hydrogen-bond acceptors (Lipinski definition) is 1. The maximum absolute atomic E-state index is 3.66. The number of hydrogen-bond donors (Lipinski definition) is 1. The molecule has 0 radical (unpaired) electrons. The molecule has 0 fully saturated rings. The van der Waals surface area contributed by atoms with Gasteiger partial charge in [-0.1, -0.05) is 109 Å². The average Bonchev–Trinajstić information content (AvgIpc) is 2.93. The number of anilines is 2. The second kappa shape index (κ2) is 8.00. The van der Waals surface area contributed by atoms with Crippen LogP contribution in [0.25, 0.3) is 54.2 Å². The van der Waals surface area contributed by atoms with Crippen molar-refractivity contribution in [1.82, 2.24) is 0 Å². The highest BCUT2D eigenvalue weighted by Crippen LogP contribution is 2.42. The molecule has 0 saturated carbocycles. The number of para-hydroxylation sites is 1. The van der Waals surface area contributed by atoms with E-state index in [0.717, 1.165) is 11.4 Å². The maximum Gasteiger partial charge on any atom is 0.0464 e. The standard InChI is InChI=1S/C34H23N/c1-2-12-25(13-3-1)35-33-21-20-30(34-27-15-7-4-10-23(27)18-19-31(33)34)32-22-24-11-5-6-14-26(24)28-16-8-9-17-29(28)32/h1-22,35H. The summed E-state index contributed by atoms with van der Waals surface area (Å²) in [4.78, 5) is 0. The fraction of sp³-hybridized carbons (Fsp3) is 0. The quantitative estimate of drug-likeness (QED) is 0.267. The van der Waals surface area contributed by atoms with Gasteiger partial charge in [0.25, 0.3) is 0 Å². The molecule has 0 aromatic heterocycles. The monoisotopic (exact) mass is 445 g/mol. The lowest BCUT2D eigenvalue weighted by atomic mass is 9.88. The SMILES string of the molecule is c1ccc(Nc2ccc(-c3cc4ccccc4c4ccccc34)c3c2ccc2ccccc23)cc1. The fourth-order valence-corrected chi connectivity index (χ4v) is 5.41. The van der Waals surface area contributed by atoms with Gasteiger partial charge in [-0.2, -0.15) is 0 Å². The number of nitrogens with one attached hydrogen (secondary N) is 1. The third-order valence-electron chi connectivity index (χ3n) is 7.02. The Morgan fingerprint density at radius 2 is 1.03 bits per heavy atom. The predicted octanol–water partition coefficient (Wildman–Crippen LogP) is 9.71. The summed E-state index contributed by atoms with van der Waals surface area (Å²) in [6.45, 7) is 0. The molecule has 35 heavy (non-hydrogen) atoms. The van der Waals surface area contributed by atoms with Crippen LogP contribution in [0.1, 0.15) is 0 Å². The number of benzene rings is 7. The van der Waals surface area contributed by atoms with Crippen LogP contribution in [0.3, 0.4) is 0 Å². The van der Waals surface area contributed by atoms with Gasteiger partial charge in [0, 0.05) is 16.8 Å². The van der Waals surface area contributed by atoms with E-state index < -0.39 is 0 Å². The van der Waals surface area contributed by atoms with E-state index in [1.54, 1.807) is 0 Å². The number of fused-ring (bicyclic) bond motifs is 6. The van der Waals surface area contributed by atoms with Gasteiger partial charge < -0.3 is 5.32 Å². The summed E-state index contributed by atoms with van der Waals surface area (Å²) in [5.41, 5.74) is 4.74. The van der Waals surface area contributed by atoms with Crippen molar-refractivity contribution in [2.45, 2.75) is 0 Å². The van der Waals surface area contributed by atoms with Gasteiger partial charge in [0.15, 0.2) is 0 Å². The van der Waals surface area contributed by atoms with Gasteiger partial charge in [-0.05, 0) is 73.1 Å². The summed E-state index contributed by atoms with van der Waals surface area (Å²) < 4.78 is 0. The van der Waals surface area contributed by atoms with E-state index in [4.69, 9.17) is 0 Å². The summed E-state index contributed by atoms with van der Waals surface area (Å²) in [5, 5.41) is 13.8. The molecule has 7 aromatic carbocycles. The van der Waals surface area contributed by atoms with Crippen LogP contribution in [0.4, 0.5) is 11.4 Å². The fourth-order valence-electron chi connectivity index (χ4n) is 5.41. The molecule has 0 saturated heterocycles. The van der Waals surface area contributed by atoms with Gasteiger partial charge in [0.2, 0.25) is 0 Å². The van der Waals surface area contributed by atoms with Gasteiger partial charge in [-0.15, -0.1) is 0 Å². The van der Waals surface area contributed by atoms with Crippen molar-refractivity contribution in [1.29, 1.82) is 0 Å². The van der Waals surface area contributed by atoms with Crippen molar-refractivity contribution >= 4 is 54.5 Å². The second-order valence-corrected chi connectivity index (χ2v) is 9.05. The van der Waals surface area contributed by atoms with Crippen molar-refractivity contribution in [2.75, 3.05) is 5.32 Å². The summed E-state index contributed by atoms with van der Waals surface area (Å²) >= 11 is 0. The van der Waals surface area contributed by atoms with E-state index in [1.807, 2.05) is 6.07 Å². The summed E-state index contributed by atoms with van der Waals surface area (Å²) in [6, 6.07) is 47.9. The Balaban J connectivity index is 1.59. The Kier molecular flexibility index (Phi) is 4.53. The molecule has 7 aromatic rings. The minimum atomic E-state index is 1.09. The topological polar surface area (TPSA) is 12.0 Å². The maximum atomic E-state index is 3.66. The first-order valence-electron chi connectivity index (χ1n) is 12.0. The minimum Gasteiger partial charge on any atom is -0.355 e. The van der Waals surface area contributed by atoms with Crippen molar-refractivity contribution in [3.63, 3.8) is 0 Å². The highest BCUT2D eigenvalue weighted by atomic mass is 14.9. The van der Waals surface area contributed by atoms with E-state index in [2.05, 4.69) is 133 Å². The first-order valence-corrected chi connectivity index (χ1v) is 12.0. The van der Waals surface area contributed by atoms with Gasteiger partial charge in [0.1, 0.15) is 0 Å². The highest BCUT2D eigenvalue weighted by molar-refractivity contribution is 6.22. The number of rotatable bonds is 3. The van der Waals surface area contributed by atoms with Crippen molar-refractivity contribution in [3.05, 3.63) is 133 Å². The largest absolute Gasteiger partial charge is 0.355 e. The second-order valence-electron chi connectivity index (χ2n) is 9.05. The molecular weight excluding hydrogens is 422 g/mol. The first-order chi connectivity index (χ1) is 17.4. The Bertz CT molecular complexity index is 1870. The summed E-state index contributed by atoms with van der Waals surface area (Å²) in [7, 11) is 0. The predicted molar refractivity (Wildman–Crippen MR) is 152 cm³/mol. The van der Waals surface area contributed by atoms with E-state index in [-0.39, 0.29) is 0 Å². The molecule has 0 bridgehead atoms. The molecule has 0 spiro atoms. The smallest absolute Gasteiger partial charge is 0.0464 e. The Hall–Kier alpha value is -4.62. The molecule has 1 nitrogen and oxygen atoms in total. The first kappa shape index (κ1) is 19.8. The van der Waals surface area contributed by atoms with E-state index in [0.29, 0.717) is 0 Å². The Morgan fingerprint density at radius 1 is 0.371 bits per heavy atom. The summed E-state index contributed by atoms with van der Waals surface area (Å²) in [5.74, 6) is 0. The highest BCUT2D eigenvalue weighted by Gasteiger charge is 2.15. The van der Waals surface area contributed by atoms with Crippen LogP contribution in [0.5, 0.6) is 0 Å². The van der Waals surface area contributed by atoms with Crippen molar-refractivity contribution < 1.29 is 0 Å². The lowest BCUT2D eigenvalue weighted by Gasteiger charge is -2.18. The zero-order valence-electron chi connectivity index (χ0n) is 19.2. The molecule has 0 atom stereocenters. The molecule has 0 aliphatic heterocycles. The van der Waals surface area contributed by atoms with Gasteiger partial charge in [-0.3, -0.25) is 0 Å². The Labute approximate surface area is 204 Å². The lowest BCUT2D eigenvalue weighted by Crippen LogP contribution is -1.94. The van der Waals surface area contributed by atoms with Crippen LogP contribution in [0.2, 0.25) is 0 Å². The molecule has 1 heteroatoms. The zero-order valence-corrected chi connectivity index (χ0v) is 19.2. The molecule has 7 rings (SSSR count). The molecular formula is C34H23N. The van der Waals surface area contributed by atoms with Crippen molar-refractivity contribution in [3.8, 4) is 11.1 Å². The molecule has 1 N–H and O–H groups in total. The molecule has 0 aliphatic carbocycles. The molecule has 0 heterocycles. The van der Waals surface area contributed by atoms with Gasteiger partial charge in [-0.25, -0.2) is 0 Å². The zero-order chi connectivity index (χ0) is 23.2. The molecule has 0 amide bonds. The third kappa shape index (κ3) is 3.25. The van der Waals surface area contributed by atoms with Gasteiger partial charge in [0.05, 0.1) is 0 Å². The van der Waals surface area contributed by atoms with Gasteiger partial charge >= 0.3 is 0 Å². The minimum absolute atomic E-state index is 1.09. The van der Waals surface area contributed by atoms with Crippen LogP contribution in [0.15, 0.2) is 133 Å². The van der Waals surface area contributed by atoms with Crippen LogP contribution < -0.4 is 5.32 Å².